The highest BCUT2D eigenvalue weighted by Crippen LogP contribution is 2.25. The number of nitrogens with zero attached hydrogens (tertiary/aromatic N) is 2. The SMILES string of the molecule is CNCCN(C)C(=O)N1CCC(C(=O)O)C1C. The van der Waals surface area contributed by atoms with Crippen molar-refractivity contribution in [2.24, 2.45) is 5.92 Å². The van der Waals surface area contributed by atoms with E-state index in [1.807, 2.05) is 7.05 Å². The largest absolute Gasteiger partial charge is 0.481 e. The molecule has 0 aliphatic carbocycles. The van der Waals surface area contributed by atoms with Crippen LogP contribution in [0.2, 0.25) is 0 Å². The summed E-state index contributed by atoms with van der Waals surface area (Å²) in [6, 6.07) is -0.312. The first-order valence-electron chi connectivity index (χ1n) is 5.88. The van der Waals surface area contributed by atoms with Crippen LogP contribution in [0.4, 0.5) is 4.79 Å². The Bertz CT molecular complexity index is 296. The number of likely N-dealkylation sites (tertiary alicyclic amines) is 1. The molecule has 1 aliphatic heterocycles. The van der Waals surface area contributed by atoms with E-state index in [9.17, 15) is 9.59 Å². The van der Waals surface area contributed by atoms with E-state index < -0.39 is 11.9 Å². The summed E-state index contributed by atoms with van der Waals surface area (Å²) in [5.74, 6) is -1.25. The maximum Gasteiger partial charge on any atom is 0.320 e. The van der Waals surface area contributed by atoms with Crippen LogP contribution in [-0.2, 0) is 4.79 Å². The average Bonchev–Trinajstić information content (AvgIpc) is 2.67. The number of likely N-dealkylation sites (N-methyl/N-ethyl adjacent to an activating group) is 2. The molecule has 0 radical (unpaired) electrons. The zero-order valence-electron chi connectivity index (χ0n) is 10.6. The summed E-state index contributed by atoms with van der Waals surface area (Å²) < 4.78 is 0. The lowest BCUT2D eigenvalue weighted by Gasteiger charge is -2.28. The predicted octanol–water partition coefficient (Wildman–Crippen LogP) is 0.0526. The molecule has 0 bridgehead atoms. The molecule has 6 heteroatoms. The number of carbonyl (C=O) groups is 2. The molecule has 17 heavy (non-hydrogen) atoms. The van der Waals surface area contributed by atoms with Crippen LogP contribution in [0.15, 0.2) is 0 Å². The van der Waals surface area contributed by atoms with E-state index >= 15 is 0 Å². The van der Waals surface area contributed by atoms with Gasteiger partial charge in [-0.25, -0.2) is 4.79 Å². The van der Waals surface area contributed by atoms with Gasteiger partial charge in [0.1, 0.15) is 0 Å². The summed E-state index contributed by atoms with van der Waals surface area (Å²) in [7, 11) is 3.57. The lowest BCUT2D eigenvalue weighted by atomic mass is 10.0. The first-order chi connectivity index (χ1) is 7.99. The number of aliphatic carboxylic acids is 1. The fourth-order valence-electron chi connectivity index (χ4n) is 2.13. The van der Waals surface area contributed by atoms with Crippen LogP contribution >= 0.6 is 0 Å². The molecule has 1 saturated heterocycles. The van der Waals surface area contributed by atoms with Crippen molar-refractivity contribution >= 4 is 12.0 Å². The standard InChI is InChI=1S/C11H21N3O3/c1-8-9(10(15)16)4-6-14(8)11(17)13(3)7-5-12-2/h8-9,12H,4-7H2,1-3H3,(H,15,16). The summed E-state index contributed by atoms with van der Waals surface area (Å²) in [5.41, 5.74) is 0. The van der Waals surface area contributed by atoms with Gasteiger partial charge >= 0.3 is 12.0 Å². The first-order valence-corrected chi connectivity index (χ1v) is 5.88. The first kappa shape index (κ1) is 13.8. The fraction of sp³-hybridized carbons (Fsp3) is 0.818. The molecule has 1 heterocycles. The van der Waals surface area contributed by atoms with E-state index in [0.717, 1.165) is 6.54 Å². The van der Waals surface area contributed by atoms with E-state index in [0.29, 0.717) is 19.5 Å². The molecule has 0 spiro atoms. The average molecular weight is 243 g/mol. The minimum Gasteiger partial charge on any atom is -0.481 e. The zero-order chi connectivity index (χ0) is 13.0. The second-order valence-corrected chi connectivity index (χ2v) is 4.48. The number of hydrogen-bond donors (Lipinski definition) is 2. The van der Waals surface area contributed by atoms with Crippen LogP contribution in [0.5, 0.6) is 0 Å². The normalized spacial score (nSPS) is 23.8. The highest BCUT2D eigenvalue weighted by Gasteiger charge is 2.38. The van der Waals surface area contributed by atoms with Crippen molar-refractivity contribution in [2.75, 3.05) is 33.7 Å². The van der Waals surface area contributed by atoms with Gasteiger partial charge in [0.2, 0.25) is 0 Å². The van der Waals surface area contributed by atoms with Crippen LogP contribution in [0.1, 0.15) is 13.3 Å². The monoisotopic (exact) mass is 243 g/mol. The van der Waals surface area contributed by atoms with Crippen molar-refractivity contribution in [3.8, 4) is 0 Å². The third kappa shape index (κ3) is 3.09. The summed E-state index contributed by atoms with van der Waals surface area (Å²) in [6.45, 7) is 3.68. The van der Waals surface area contributed by atoms with E-state index in [1.165, 1.54) is 0 Å². The number of carboxylic acid groups (broad SMARTS) is 1. The molecule has 0 aromatic carbocycles. The van der Waals surface area contributed by atoms with Crippen molar-refractivity contribution < 1.29 is 14.7 Å². The fourth-order valence-corrected chi connectivity index (χ4v) is 2.13. The predicted molar refractivity (Wildman–Crippen MR) is 63.9 cm³/mol. The van der Waals surface area contributed by atoms with Crippen molar-refractivity contribution in [3.05, 3.63) is 0 Å². The van der Waals surface area contributed by atoms with Crippen molar-refractivity contribution in [3.63, 3.8) is 0 Å². The second-order valence-electron chi connectivity index (χ2n) is 4.48. The highest BCUT2D eigenvalue weighted by atomic mass is 16.4. The number of urea groups is 1. The number of amides is 2. The van der Waals surface area contributed by atoms with Crippen LogP contribution in [0.25, 0.3) is 0 Å². The van der Waals surface area contributed by atoms with Crippen LogP contribution in [-0.4, -0.2) is 66.7 Å². The van der Waals surface area contributed by atoms with Crippen LogP contribution in [0.3, 0.4) is 0 Å². The molecule has 2 amide bonds. The third-order valence-corrected chi connectivity index (χ3v) is 3.34. The Morgan fingerprint density at radius 3 is 2.65 bits per heavy atom. The number of nitrogens with one attached hydrogen (secondary N) is 1. The van der Waals surface area contributed by atoms with E-state index in [-0.39, 0.29) is 12.1 Å². The van der Waals surface area contributed by atoms with Gasteiger partial charge in [0.05, 0.1) is 5.92 Å². The maximum atomic E-state index is 12.1. The topological polar surface area (TPSA) is 72.9 Å². The van der Waals surface area contributed by atoms with Gasteiger partial charge in [-0.3, -0.25) is 4.79 Å². The van der Waals surface area contributed by atoms with Gasteiger partial charge in [0.25, 0.3) is 0 Å². The van der Waals surface area contributed by atoms with Gasteiger partial charge in [0, 0.05) is 32.7 Å². The molecule has 0 saturated carbocycles. The molecule has 0 aromatic rings. The molecular formula is C11H21N3O3. The summed E-state index contributed by atoms with van der Waals surface area (Å²) in [4.78, 5) is 26.3. The van der Waals surface area contributed by atoms with Gasteiger partial charge in [-0.2, -0.15) is 0 Å². The van der Waals surface area contributed by atoms with Crippen LogP contribution in [0, 0.1) is 5.92 Å². The molecule has 1 fully saturated rings. The van der Waals surface area contributed by atoms with Crippen molar-refractivity contribution in [1.29, 1.82) is 0 Å². The Labute approximate surface area is 102 Å². The highest BCUT2D eigenvalue weighted by molar-refractivity contribution is 5.78. The maximum absolute atomic E-state index is 12.1. The molecule has 6 nitrogen and oxygen atoms in total. The Balaban J connectivity index is 2.56. The van der Waals surface area contributed by atoms with Crippen LogP contribution < -0.4 is 5.32 Å². The quantitative estimate of drug-likeness (QED) is 0.732. The van der Waals surface area contributed by atoms with Gasteiger partial charge in [-0.15, -0.1) is 0 Å². The summed E-state index contributed by atoms with van der Waals surface area (Å²) in [5, 5.41) is 12.0. The van der Waals surface area contributed by atoms with E-state index in [1.54, 1.807) is 23.8 Å². The Morgan fingerprint density at radius 2 is 2.18 bits per heavy atom. The number of carbonyl (C=O) groups excluding carboxylic acids is 1. The lowest BCUT2D eigenvalue weighted by Crippen LogP contribution is -2.46. The number of rotatable bonds is 4. The second kappa shape index (κ2) is 5.86. The van der Waals surface area contributed by atoms with Gasteiger partial charge in [-0.05, 0) is 20.4 Å². The number of hydrogen-bond acceptors (Lipinski definition) is 3. The minimum absolute atomic E-state index is 0.0866. The molecule has 2 unspecified atom stereocenters. The molecule has 0 aromatic heterocycles. The van der Waals surface area contributed by atoms with E-state index in [2.05, 4.69) is 5.32 Å². The molecule has 1 rings (SSSR count). The zero-order valence-corrected chi connectivity index (χ0v) is 10.6. The minimum atomic E-state index is -0.814. The van der Waals surface area contributed by atoms with Gasteiger partial charge in [0.15, 0.2) is 0 Å². The molecule has 2 N–H and O–H groups in total. The Morgan fingerprint density at radius 1 is 1.53 bits per heavy atom. The number of carboxylic acids is 1. The molecular weight excluding hydrogens is 222 g/mol. The Hall–Kier alpha value is -1.30. The molecule has 2 atom stereocenters. The smallest absolute Gasteiger partial charge is 0.320 e. The summed E-state index contributed by atoms with van der Waals surface area (Å²) in [6.07, 6.45) is 0.544. The third-order valence-electron chi connectivity index (χ3n) is 3.34. The Kier molecular flexibility index (Phi) is 4.74. The summed E-state index contributed by atoms with van der Waals surface area (Å²) >= 11 is 0. The van der Waals surface area contributed by atoms with Gasteiger partial charge in [-0.1, -0.05) is 0 Å². The van der Waals surface area contributed by atoms with Crippen molar-refractivity contribution in [2.45, 2.75) is 19.4 Å². The van der Waals surface area contributed by atoms with Crippen molar-refractivity contribution in [1.82, 2.24) is 15.1 Å². The lowest BCUT2D eigenvalue weighted by molar-refractivity contribution is -0.142. The molecule has 1 aliphatic rings. The molecule has 98 valence electrons. The van der Waals surface area contributed by atoms with E-state index in [4.69, 9.17) is 5.11 Å². The van der Waals surface area contributed by atoms with Gasteiger partial charge < -0.3 is 20.2 Å².